The van der Waals surface area contributed by atoms with E-state index in [0.717, 1.165) is 184 Å². The second-order valence-electron chi connectivity index (χ2n) is 34.9. The van der Waals surface area contributed by atoms with E-state index in [1.54, 1.807) is 12.4 Å². The van der Waals surface area contributed by atoms with E-state index in [-0.39, 0.29) is 0 Å². The molecule has 0 atom stereocenters. The van der Waals surface area contributed by atoms with Gasteiger partial charge in [0.15, 0.2) is 34.9 Å². The number of aromatic nitrogens is 21. The van der Waals surface area contributed by atoms with Crippen LogP contribution in [0.4, 0.5) is 0 Å². The molecule has 0 spiro atoms. The molecule has 0 aliphatic rings. The molecule has 0 N–H and O–H groups in total. The third-order valence-corrected chi connectivity index (χ3v) is 26.1. The molecule has 0 fully saturated rings. The summed E-state index contributed by atoms with van der Waals surface area (Å²) in [6.07, 6.45) is 17.5. The number of aryl methyl sites for hydroxylation is 1. The summed E-state index contributed by atoms with van der Waals surface area (Å²) in [6.45, 7) is 2.00. The fourth-order valence-corrected chi connectivity index (χ4v) is 19.4. The molecule has 16 heterocycles. The molecule has 12 aromatic carbocycles. The van der Waals surface area contributed by atoms with Crippen molar-refractivity contribution in [3.8, 4) is 148 Å². The largest absolute Gasteiger partial charge is 0.309 e. The van der Waals surface area contributed by atoms with E-state index < -0.39 is 0 Å². The fraction of sp³-hybridized carbons (Fsp3) is 0.00820. The quantitative estimate of drug-likeness (QED) is 0.0931. The van der Waals surface area contributed by atoms with Gasteiger partial charge in [0.1, 0.15) is 28.5 Å². The number of rotatable bonds is 15. The van der Waals surface area contributed by atoms with Crippen molar-refractivity contribution in [1.29, 1.82) is 0 Å². The number of hydrogen-bond donors (Lipinski definition) is 0. The Labute approximate surface area is 817 Å². The molecule has 21 nitrogen and oxygen atoms in total. The van der Waals surface area contributed by atoms with E-state index in [9.17, 15) is 0 Å². The second kappa shape index (κ2) is 35.6. The Balaban J connectivity index is 0.000000112. The smallest absolute Gasteiger partial charge is 0.234 e. The minimum atomic E-state index is 0.496. The lowest BCUT2D eigenvalue weighted by molar-refractivity contribution is 0.967. The fourth-order valence-electron chi connectivity index (χ4n) is 19.4. The summed E-state index contributed by atoms with van der Waals surface area (Å²) in [5.41, 5.74) is 28.1. The van der Waals surface area contributed by atoms with Crippen LogP contribution in [0.5, 0.6) is 0 Å². The van der Waals surface area contributed by atoms with Crippen molar-refractivity contribution < 1.29 is 0 Å². The van der Waals surface area contributed by atoms with Gasteiger partial charge in [0.25, 0.3) is 0 Å². The van der Waals surface area contributed by atoms with E-state index in [1.165, 1.54) is 16.2 Å². The molecule has 0 aliphatic heterocycles. The topological polar surface area (TPSA) is 222 Å². The van der Waals surface area contributed by atoms with Gasteiger partial charge in [-0.2, -0.15) is 0 Å². The summed E-state index contributed by atoms with van der Waals surface area (Å²) in [5, 5.41) is 8.99. The van der Waals surface area contributed by atoms with Crippen LogP contribution in [-0.4, -0.2) is 102 Å². The van der Waals surface area contributed by atoms with E-state index in [4.69, 9.17) is 64.8 Å². The summed E-state index contributed by atoms with van der Waals surface area (Å²) in [4.78, 5) is 73.3. The van der Waals surface area contributed by atoms with Crippen LogP contribution in [0, 0.1) is 6.92 Å². The van der Waals surface area contributed by atoms with Crippen molar-refractivity contribution in [3.05, 3.63) is 468 Å². The highest BCUT2D eigenvalue weighted by atomic mass is 15.2. The summed E-state index contributed by atoms with van der Waals surface area (Å²) in [5.74, 6) is 4.67. The van der Waals surface area contributed by atoms with Crippen molar-refractivity contribution in [2.75, 3.05) is 0 Å². The van der Waals surface area contributed by atoms with Gasteiger partial charge in [0, 0.05) is 136 Å². The van der Waals surface area contributed by atoms with E-state index >= 15 is 0 Å². The molecule has 28 rings (SSSR count). The van der Waals surface area contributed by atoms with Crippen LogP contribution in [0.2, 0.25) is 0 Å². The maximum Gasteiger partial charge on any atom is 0.234 e. The van der Waals surface area contributed by atoms with E-state index in [0.29, 0.717) is 52.3 Å². The van der Waals surface area contributed by atoms with Crippen molar-refractivity contribution in [2.45, 2.75) is 6.92 Å². The molecule has 0 radical (unpaired) electrons. The molecule has 0 saturated heterocycles. The first kappa shape index (κ1) is 83.6. The highest BCUT2D eigenvalue weighted by Crippen LogP contribution is 2.43. The summed E-state index contributed by atoms with van der Waals surface area (Å²) in [7, 11) is 0. The van der Waals surface area contributed by atoms with Gasteiger partial charge < -0.3 is 17.9 Å². The monoisotopic (exact) mass is 1840 g/mol. The first-order valence-corrected chi connectivity index (χ1v) is 47.1. The molecule has 21 heteroatoms. The molecule has 0 bridgehead atoms. The molecule has 143 heavy (non-hydrogen) atoms. The molecule has 672 valence electrons. The first-order valence-electron chi connectivity index (χ1n) is 47.1. The average molecular weight is 1840 g/mol. The minimum absolute atomic E-state index is 0.496. The number of para-hydroxylation sites is 3. The maximum atomic E-state index is 5.16. The van der Waals surface area contributed by atoms with Gasteiger partial charge in [-0.05, 0) is 165 Å². The zero-order valence-electron chi connectivity index (χ0n) is 76.8. The number of hydrogen-bond acceptors (Lipinski definition) is 15. The van der Waals surface area contributed by atoms with Gasteiger partial charge in [0.05, 0.1) is 103 Å². The van der Waals surface area contributed by atoms with Crippen LogP contribution in [0.25, 0.3) is 247 Å². The Kier molecular flexibility index (Phi) is 20.8. The second-order valence-corrected chi connectivity index (χ2v) is 34.9. The molecular formula is C122H79N21. The van der Waals surface area contributed by atoms with Crippen LogP contribution in [0.3, 0.4) is 0 Å². The molecule has 0 saturated carbocycles. The molecule has 0 unspecified atom stereocenters. The van der Waals surface area contributed by atoms with Crippen LogP contribution >= 0.6 is 0 Å². The highest BCUT2D eigenvalue weighted by molar-refractivity contribution is 6.14. The SMILES string of the molecule is Cc1cccc(-n2c3ccc(-c4nc(-c5ccccc5)nc(-c5ccccn5)n4)cc3c3cc(-c4nc(-c5ccccc5)nc(-c5ccccn5)n4)ccc32)n1.c1ccc(-c2cc(-n3c4ccc(-c5cn6ccccc6n5)cc4c4cc(-c5cn6ccccc6n5)ccc43)cc(-c3ccccc3)n2)cc1.c1ccc(-c2cc3c4ccccc4n(-c4cnc(-n5c6ccccc6c6ccccc65)nc4)c3cn2)cc1. The molecule has 0 amide bonds. The first-order chi connectivity index (χ1) is 70.8. The van der Waals surface area contributed by atoms with Crippen molar-refractivity contribution in [3.63, 3.8) is 0 Å². The molecule has 16 aromatic heterocycles. The van der Waals surface area contributed by atoms with Gasteiger partial charge in [-0.25, -0.2) is 59.8 Å². The maximum absolute atomic E-state index is 5.16. The van der Waals surface area contributed by atoms with Crippen molar-refractivity contribution in [2.24, 2.45) is 0 Å². The lowest BCUT2D eigenvalue weighted by atomic mass is 10.0. The normalized spacial score (nSPS) is 11.5. The van der Waals surface area contributed by atoms with Crippen LogP contribution < -0.4 is 0 Å². The standard InChI is InChI=1S/C46H30N10.C43H28N6.C33H21N5/c1-29-13-12-20-40(49-29)56-38-23-21-32(43-50-41(30-14-4-2-5-15-30)52-45(54-43)36-18-8-10-25-47-36)27-34(38)35-28-33(22-24-39(35)56)44-51-42(31-16-6-3-7-17-31)53-46(55-44)37-19-9-11-26-48-37;1-3-11-29(12-4-1)36-25-33(26-37(44-36)30-13-5-2-6-14-30)49-40-19-17-31(38-27-47-21-9-7-15-42(47)45-38)23-34(40)35-24-32(18-20-41(35)49)39-28-48-22-10-8-16-43(48)46-39;1-2-10-22(11-3-1)28-18-27-26-14-6-7-15-29(26)37(32(27)21-34-28)23-19-35-33(36-20-23)38-30-16-8-4-12-24(30)25-13-5-9-17-31(25)38/h2-28H,1H3;1-28H;1-21H. The third kappa shape index (κ3) is 15.6. The predicted octanol–water partition coefficient (Wildman–Crippen LogP) is 27.5. The molecular weight excluding hydrogens is 1760 g/mol. The molecule has 0 aliphatic carbocycles. The predicted molar refractivity (Wildman–Crippen MR) is 570 cm³/mol. The number of pyridine rings is 7. The Hall–Kier alpha value is -19.9. The lowest BCUT2D eigenvalue weighted by Crippen LogP contribution is -2.03. The van der Waals surface area contributed by atoms with Gasteiger partial charge in [-0.3, -0.25) is 24.1 Å². The van der Waals surface area contributed by atoms with Gasteiger partial charge in [-0.1, -0.05) is 249 Å². The Morgan fingerprint density at radius 1 is 0.189 bits per heavy atom. The van der Waals surface area contributed by atoms with Gasteiger partial charge in [0.2, 0.25) is 5.95 Å². The summed E-state index contributed by atoms with van der Waals surface area (Å²) < 4.78 is 13.0. The Morgan fingerprint density at radius 3 is 1.01 bits per heavy atom. The number of fused-ring (bicyclic) bond motifs is 14. The van der Waals surface area contributed by atoms with Crippen LogP contribution in [-0.2, 0) is 0 Å². The molecule has 28 aromatic rings. The van der Waals surface area contributed by atoms with Crippen LogP contribution in [0.1, 0.15) is 5.69 Å². The van der Waals surface area contributed by atoms with Gasteiger partial charge in [-0.15, -0.1) is 0 Å². The summed E-state index contributed by atoms with van der Waals surface area (Å²) >= 11 is 0. The number of nitrogens with zero attached hydrogens (tertiary/aromatic N) is 21. The summed E-state index contributed by atoms with van der Waals surface area (Å²) in [6, 6.07) is 138. The highest BCUT2D eigenvalue weighted by Gasteiger charge is 2.25. The lowest BCUT2D eigenvalue weighted by Gasteiger charge is -2.13. The van der Waals surface area contributed by atoms with E-state index in [2.05, 4.69) is 274 Å². The van der Waals surface area contributed by atoms with Crippen LogP contribution in [0.15, 0.2) is 462 Å². The zero-order valence-corrected chi connectivity index (χ0v) is 76.8. The minimum Gasteiger partial charge on any atom is -0.309 e. The Morgan fingerprint density at radius 2 is 0.559 bits per heavy atom. The average Bonchev–Trinajstić information content (AvgIpc) is 1.58. The van der Waals surface area contributed by atoms with Crippen molar-refractivity contribution >= 4 is 98.5 Å². The zero-order chi connectivity index (χ0) is 94.8. The Bertz CT molecular complexity index is 9120. The third-order valence-electron chi connectivity index (χ3n) is 26.1. The van der Waals surface area contributed by atoms with E-state index in [1.807, 2.05) is 220 Å². The van der Waals surface area contributed by atoms with Gasteiger partial charge >= 0.3 is 0 Å². The number of benzene rings is 12. The van der Waals surface area contributed by atoms with Crippen molar-refractivity contribution in [1.82, 2.24) is 102 Å². The number of imidazole rings is 2.